The summed E-state index contributed by atoms with van der Waals surface area (Å²) in [5.41, 5.74) is 12.8. The molecule has 0 aliphatic carbocycles. The van der Waals surface area contributed by atoms with E-state index < -0.39 is 7.12 Å². The molecule has 2 N–H and O–H groups in total. The van der Waals surface area contributed by atoms with E-state index in [-0.39, 0.29) is 0 Å². The number of benzene rings is 4. The minimum absolute atomic E-state index is 0.428. The van der Waals surface area contributed by atoms with Crippen molar-refractivity contribution in [2.75, 3.05) is 0 Å². The summed E-state index contributed by atoms with van der Waals surface area (Å²) in [6, 6.07) is 27.4. The number of rotatable bonds is 4. The van der Waals surface area contributed by atoms with Crippen LogP contribution in [-0.4, -0.2) is 37.1 Å². The summed E-state index contributed by atoms with van der Waals surface area (Å²) in [4.78, 5) is 16.8. The number of aryl methyl sites for hydroxylation is 6. The molecular formula is C38H36BCl3N4O2. The first-order valence-corrected chi connectivity index (χ1v) is 16.3. The Morgan fingerprint density at radius 2 is 0.938 bits per heavy atom. The molecule has 4 aromatic carbocycles. The molecule has 0 saturated heterocycles. The number of hydrogen-bond acceptors (Lipinski definition) is 6. The lowest BCUT2D eigenvalue weighted by Gasteiger charge is -2.10. The normalized spacial score (nSPS) is 10.4. The molecule has 0 saturated carbocycles. The van der Waals surface area contributed by atoms with Crippen molar-refractivity contribution < 1.29 is 10.0 Å². The highest BCUT2D eigenvalue weighted by Crippen LogP contribution is 2.29. The van der Waals surface area contributed by atoms with Gasteiger partial charge in [-0.15, -0.1) is 0 Å². The predicted molar refractivity (Wildman–Crippen MR) is 200 cm³/mol. The zero-order chi connectivity index (χ0) is 35.0. The topological polar surface area (TPSA) is 92.0 Å². The van der Waals surface area contributed by atoms with Crippen molar-refractivity contribution in [3.8, 4) is 33.8 Å². The Balaban J connectivity index is 0.000000174. The second-order valence-corrected chi connectivity index (χ2v) is 12.8. The minimum atomic E-state index is -1.35. The van der Waals surface area contributed by atoms with Crippen LogP contribution in [0.2, 0.25) is 15.2 Å². The zero-order valence-corrected chi connectivity index (χ0v) is 29.9. The van der Waals surface area contributed by atoms with Gasteiger partial charge < -0.3 is 10.0 Å². The van der Waals surface area contributed by atoms with Crippen LogP contribution in [0, 0.1) is 41.5 Å². The zero-order valence-electron chi connectivity index (χ0n) is 27.6. The fraction of sp³-hybridized carbons (Fsp3) is 0.158. The first-order chi connectivity index (χ1) is 22.8. The summed E-state index contributed by atoms with van der Waals surface area (Å²) < 4.78 is 0. The Kier molecular flexibility index (Phi) is 12.9. The van der Waals surface area contributed by atoms with E-state index in [2.05, 4.69) is 58.0 Å². The van der Waals surface area contributed by atoms with E-state index in [9.17, 15) is 0 Å². The second kappa shape index (κ2) is 16.8. The summed E-state index contributed by atoms with van der Waals surface area (Å²) >= 11 is 17.9. The lowest BCUT2D eigenvalue weighted by molar-refractivity contribution is 0.425. The third-order valence-corrected chi connectivity index (χ3v) is 8.16. The Labute approximate surface area is 297 Å². The maximum atomic E-state index is 8.94. The van der Waals surface area contributed by atoms with Crippen molar-refractivity contribution in [3.05, 3.63) is 146 Å². The molecule has 2 heterocycles. The van der Waals surface area contributed by atoms with E-state index in [1.165, 1.54) is 23.0 Å². The van der Waals surface area contributed by atoms with Crippen LogP contribution in [0.3, 0.4) is 0 Å². The number of nitrogens with zero attached hydrogens (tertiary/aromatic N) is 4. The quantitative estimate of drug-likeness (QED) is 0.141. The van der Waals surface area contributed by atoms with Gasteiger partial charge >= 0.3 is 7.12 Å². The van der Waals surface area contributed by atoms with E-state index in [1.54, 1.807) is 12.4 Å². The van der Waals surface area contributed by atoms with Crippen molar-refractivity contribution in [2.45, 2.75) is 41.5 Å². The molecule has 0 aliphatic heterocycles. The molecule has 0 radical (unpaired) electrons. The summed E-state index contributed by atoms with van der Waals surface area (Å²) in [5.74, 6) is 0. The van der Waals surface area contributed by atoms with Crippen LogP contribution >= 0.6 is 34.8 Å². The van der Waals surface area contributed by atoms with Crippen molar-refractivity contribution in [3.63, 3.8) is 0 Å². The van der Waals surface area contributed by atoms with Gasteiger partial charge in [0.1, 0.15) is 17.8 Å². The molecule has 10 heteroatoms. The van der Waals surface area contributed by atoms with Crippen LogP contribution in [0.1, 0.15) is 33.4 Å². The van der Waals surface area contributed by atoms with Gasteiger partial charge in [-0.05, 0) is 112 Å². The maximum absolute atomic E-state index is 8.94. The maximum Gasteiger partial charge on any atom is 0.488 e. The molecule has 0 spiro atoms. The van der Waals surface area contributed by atoms with Gasteiger partial charge in [0.05, 0.1) is 17.1 Å². The van der Waals surface area contributed by atoms with Crippen molar-refractivity contribution in [1.29, 1.82) is 0 Å². The number of aromatic nitrogens is 4. The monoisotopic (exact) mass is 696 g/mol. The molecule has 48 heavy (non-hydrogen) atoms. The van der Waals surface area contributed by atoms with Crippen LogP contribution in [0.25, 0.3) is 33.8 Å². The molecular weight excluding hydrogens is 662 g/mol. The summed E-state index contributed by atoms with van der Waals surface area (Å²) in [6.45, 7) is 12.0. The highest BCUT2D eigenvalue weighted by atomic mass is 35.5. The van der Waals surface area contributed by atoms with Crippen LogP contribution in [0.15, 0.2) is 97.6 Å². The van der Waals surface area contributed by atoms with Gasteiger partial charge in [-0.2, -0.15) is 0 Å². The van der Waals surface area contributed by atoms with Crippen molar-refractivity contribution in [2.24, 2.45) is 0 Å². The van der Waals surface area contributed by atoms with E-state index >= 15 is 0 Å². The first-order valence-electron chi connectivity index (χ1n) is 15.2. The summed E-state index contributed by atoms with van der Waals surface area (Å²) in [5, 5.41) is 19.7. The average molecular weight is 698 g/mol. The highest BCUT2D eigenvalue weighted by Gasteiger charge is 2.15. The molecule has 2 aromatic heterocycles. The van der Waals surface area contributed by atoms with Gasteiger partial charge in [-0.1, -0.05) is 82.3 Å². The van der Waals surface area contributed by atoms with E-state index in [1.807, 2.05) is 82.3 Å². The van der Waals surface area contributed by atoms with Crippen LogP contribution in [0.4, 0.5) is 0 Å². The lowest BCUT2D eigenvalue weighted by atomic mass is 9.74. The molecule has 0 aliphatic rings. The molecule has 244 valence electrons. The molecule has 0 bridgehead atoms. The largest absolute Gasteiger partial charge is 0.488 e. The summed E-state index contributed by atoms with van der Waals surface area (Å²) in [7, 11) is -1.35. The van der Waals surface area contributed by atoms with E-state index in [4.69, 9.17) is 44.9 Å². The van der Waals surface area contributed by atoms with Crippen LogP contribution < -0.4 is 5.46 Å². The van der Waals surface area contributed by atoms with Crippen molar-refractivity contribution in [1.82, 2.24) is 19.9 Å². The van der Waals surface area contributed by atoms with Gasteiger partial charge in [0, 0.05) is 32.8 Å². The standard InChI is InChI=1S/C19H17ClN2.C11H8Cl2N2.C8H11BO2/c1-12-7-15(9-16(20)8-12)17-10-18(22-11-21-17)19-13(2)5-4-6-14(19)3;1-7-2-8(4-9(12)3-7)10-5-11(13)15-6-14-10;1-6-4-3-5-7(2)8(6)9(10)11/h4-11H,1-3H3;2-6H,1H3;3-5,10-11H,1-2H3. The average Bonchev–Trinajstić information content (AvgIpc) is 3.01. The van der Waals surface area contributed by atoms with Crippen LogP contribution in [0.5, 0.6) is 0 Å². The van der Waals surface area contributed by atoms with Gasteiger partial charge in [0.2, 0.25) is 0 Å². The van der Waals surface area contributed by atoms with Gasteiger partial charge in [0.25, 0.3) is 0 Å². The minimum Gasteiger partial charge on any atom is -0.423 e. The van der Waals surface area contributed by atoms with Gasteiger partial charge in [-0.25, -0.2) is 19.9 Å². The lowest BCUT2D eigenvalue weighted by Crippen LogP contribution is -2.34. The molecule has 6 rings (SSSR count). The Bertz CT molecular complexity index is 1960. The Morgan fingerprint density at radius 1 is 0.500 bits per heavy atom. The molecule has 0 fully saturated rings. The molecule has 6 aromatic rings. The predicted octanol–water partition coefficient (Wildman–Crippen LogP) is 9.13. The highest BCUT2D eigenvalue weighted by molar-refractivity contribution is 6.59. The van der Waals surface area contributed by atoms with Crippen LogP contribution in [-0.2, 0) is 0 Å². The summed E-state index contributed by atoms with van der Waals surface area (Å²) in [6.07, 6.45) is 3.06. The Morgan fingerprint density at radius 3 is 1.38 bits per heavy atom. The SMILES string of the molecule is Cc1cc(Cl)cc(-c2cc(-c3c(C)cccc3C)ncn2)c1.Cc1cc(Cl)cc(-c2cc(Cl)ncn2)c1.Cc1cccc(C)c1B(O)O. The first kappa shape index (κ1) is 36.7. The molecule has 6 nitrogen and oxygen atoms in total. The second-order valence-electron chi connectivity index (χ2n) is 11.5. The fourth-order valence-corrected chi connectivity index (χ4v) is 6.09. The third kappa shape index (κ3) is 9.95. The van der Waals surface area contributed by atoms with Gasteiger partial charge in [0.15, 0.2) is 0 Å². The van der Waals surface area contributed by atoms with E-state index in [0.29, 0.717) is 15.6 Å². The number of halogens is 3. The Hall–Kier alpha value is -4.11. The molecule has 0 unspecified atom stereocenters. The fourth-order valence-electron chi connectivity index (χ4n) is 5.36. The van der Waals surface area contributed by atoms with Gasteiger partial charge in [-0.3, -0.25) is 0 Å². The smallest absolute Gasteiger partial charge is 0.423 e. The molecule has 0 atom stereocenters. The third-order valence-electron chi connectivity index (χ3n) is 7.51. The van der Waals surface area contributed by atoms with E-state index in [0.717, 1.165) is 55.5 Å². The number of hydrogen-bond donors (Lipinski definition) is 2. The van der Waals surface area contributed by atoms with Crippen molar-refractivity contribution >= 4 is 47.4 Å². The molecule has 0 amide bonds.